The van der Waals surface area contributed by atoms with Crippen molar-refractivity contribution in [2.24, 2.45) is 0 Å². The molecule has 0 amide bonds. The van der Waals surface area contributed by atoms with Gasteiger partial charge in [0, 0.05) is 6.04 Å². The molecule has 0 aliphatic rings. The van der Waals surface area contributed by atoms with Gasteiger partial charge >= 0.3 is 0 Å². The molecular formula is C14H23NO. The van der Waals surface area contributed by atoms with Crippen LogP contribution < -0.4 is 10.1 Å². The van der Waals surface area contributed by atoms with Crippen LogP contribution in [0.15, 0.2) is 24.3 Å². The fourth-order valence-electron chi connectivity index (χ4n) is 1.87. The van der Waals surface area contributed by atoms with Crippen molar-refractivity contribution >= 4 is 0 Å². The van der Waals surface area contributed by atoms with Crippen LogP contribution in [0, 0.1) is 0 Å². The molecule has 1 atom stereocenters. The molecule has 0 heterocycles. The molecule has 0 aromatic heterocycles. The van der Waals surface area contributed by atoms with Gasteiger partial charge in [0.15, 0.2) is 0 Å². The van der Waals surface area contributed by atoms with E-state index in [1.165, 1.54) is 24.8 Å². The van der Waals surface area contributed by atoms with Crippen molar-refractivity contribution < 1.29 is 4.74 Å². The molecule has 0 radical (unpaired) electrons. The Morgan fingerprint density at radius 3 is 2.75 bits per heavy atom. The molecule has 0 aliphatic heterocycles. The van der Waals surface area contributed by atoms with Crippen molar-refractivity contribution in [3.8, 4) is 5.75 Å². The second-order valence-corrected chi connectivity index (χ2v) is 3.99. The number of nitrogens with one attached hydrogen (secondary N) is 1. The number of unbranched alkanes of at least 4 members (excludes halogenated alkanes) is 1. The lowest BCUT2D eigenvalue weighted by atomic mass is 10.0. The highest BCUT2D eigenvalue weighted by Gasteiger charge is 2.08. The highest BCUT2D eigenvalue weighted by molar-refractivity contribution is 5.30. The topological polar surface area (TPSA) is 21.3 Å². The number of rotatable bonds is 7. The molecule has 0 aliphatic carbocycles. The lowest BCUT2D eigenvalue weighted by molar-refractivity contribution is 0.339. The smallest absolute Gasteiger partial charge is 0.119 e. The van der Waals surface area contributed by atoms with Crippen LogP contribution in [-0.4, -0.2) is 13.7 Å². The summed E-state index contributed by atoms with van der Waals surface area (Å²) >= 11 is 0. The lowest BCUT2D eigenvalue weighted by Gasteiger charge is -2.17. The van der Waals surface area contributed by atoms with Crippen LogP contribution in [-0.2, 0) is 0 Å². The fourth-order valence-corrected chi connectivity index (χ4v) is 1.87. The Labute approximate surface area is 99.0 Å². The van der Waals surface area contributed by atoms with E-state index in [0.717, 1.165) is 12.4 Å². The minimum Gasteiger partial charge on any atom is -0.494 e. The zero-order valence-electron chi connectivity index (χ0n) is 10.6. The molecule has 90 valence electrons. The van der Waals surface area contributed by atoms with Gasteiger partial charge in [0.2, 0.25) is 0 Å². The molecule has 1 unspecified atom stereocenters. The van der Waals surface area contributed by atoms with Crippen molar-refractivity contribution in [1.29, 1.82) is 0 Å². The minimum absolute atomic E-state index is 0.445. The van der Waals surface area contributed by atoms with E-state index in [1.54, 1.807) is 0 Å². The molecule has 0 fully saturated rings. The Hall–Kier alpha value is -1.02. The van der Waals surface area contributed by atoms with E-state index in [9.17, 15) is 0 Å². The molecule has 0 saturated heterocycles. The lowest BCUT2D eigenvalue weighted by Crippen LogP contribution is -2.16. The quantitative estimate of drug-likeness (QED) is 0.760. The predicted octanol–water partition coefficient (Wildman–Crippen LogP) is 3.54. The van der Waals surface area contributed by atoms with Gasteiger partial charge in [0.25, 0.3) is 0 Å². The molecule has 1 aromatic carbocycles. The monoisotopic (exact) mass is 221 g/mol. The second kappa shape index (κ2) is 7.29. The molecule has 16 heavy (non-hydrogen) atoms. The highest BCUT2D eigenvalue weighted by atomic mass is 16.5. The maximum absolute atomic E-state index is 5.52. The van der Waals surface area contributed by atoms with Gasteiger partial charge < -0.3 is 10.1 Å². The van der Waals surface area contributed by atoms with Crippen LogP contribution in [0.2, 0.25) is 0 Å². The van der Waals surface area contributed by atoms with E-state index in [-0.39, 0.29) is 0 Å². The van der Waals surface area contributed by atoms with Crippen molar-refractivity contribution in [3.63, 3.8) is 0 Å². The Morgan fingerprint density at radius 1 is 1.31 bits per heavy atom. The molecule has 2 nitrogen and oxygen atoms in total. The maximum atomic E-state index is 5.52. The summed E-state index contributed by atoms with van der Waals surface area (Å²) in [4.78, 5) is 0. The van der Waals surface area contributed by atoms with Crippen LogP contribution in [0.25, 0.3) is 0 Å². The summed E-state index contributed by atoms with van der Waals surface area (Å²) in [6, 6.07) is 8.83. The second-order valence-electron chi connectivity index (χ2n) is 3.99. The number of benzene rings is 1. The van der Waals surface area contributed by atoms with E-state index >= 15 is 0 Å². The fraction of sp³-hybridized carbons (Fsp3) is 0.571. The average Bonchev–Trinajstić information content (AvgIpc) is 2.31. The molecule has 0 spiro atoms. The van der Waals surface area contributed by atoms with Crippen LogP contribution >= 0.6 is 0 Å². The van der Waals surface area contributed by atoms with Crippen LogP contribution in [0.3, 0.4) is 0 Å². The summed E-state index contributed by atoms with van der Waals surface area (Å²) in [6.07, 6.45) is 3.68. The Bertz CT molecular complexity index is 299. The third kappa shape index (κ3) is 3.86. The van der Waals surface area contributed by atoms with E-state index in [4.69, 9.17) is 4.74 Å². The number of hydrogen-bond donors (Lipinski definition) is 1. The summed E-state index contributed by atoms with van der Waals surface area (Å²) in [7, 11) is 2.02. The molecule has 1 rings (SSSR count). The Kier molecular flexibility index (Phi) is 5.94. The van der Waals surface area contributed by atoms with Crippen LogP contribution in [0.1, 0.15) is 44.7 Å². The highest BCUT2D eigenvalue weighted by Crippen LogP contribution is 2.23. The Morgan fingerprint density at radius 2 is 2.12 bits per heavy atom. The third-order valence-electron chi connectivity index (χ3n) is 2.77. The van der Waals surface area contributed by atoms with Crippen molar-refractivity contribution in [1.82, 2.24) is 5.32 Å². The summed E-state index contributed by atoms with van der Waals surface area (Å²) < 4.78 is 5.52. The molecule has 0 bridgehead atoms. The van der Waals surface area contributed by atoms with E-state index in [0.29, 0.717) is 6.04 Å². The number of hydrogen-bond acceptors (Lipinski definition) is 2. The summed E-state index contributed by atoms with van der Waals surface area (Å²) in [5.41, 5.74) is 1.32. The van der Waals surface area contributed by atoms with Gasteiger partial charge in [-0.1, -0.05) is 31.9 Å². The van der Waals surface area contributed by atoms with E-state index in [1.807, 2.05) is 20.0 Å². The Balaban J connectivity index is 2.71. The average molecular weight is 221 g/mol. The van der Waals surface area contributed by atoms with Gasteiger partial charge in [-0.3, -0.25) is 0 Å². The summed E-state index contributed by atoms with van der Waals surface area (Å²) in [5.74, 6) is 0.969. The normalized spacial score (nSPS) is 12.4. The first-order valence-electron chi connectivity index (χ1n) is 6.21. The molecule has 1 aromatic rings. The van der Waals surface area contributed by atoms with Crippen LogP contribution in [0.5, 0.6) is 5.75 Å². The first kappa shape index (κ1) is 13.0. The minimum atomic E-state index is 0.445. The first-order valence-corrected chi connectivity index (χ1v) is 6.21. The zero-order chi connectivity index (χ0) is 11.8. The largest absolute Gasteiger partial charge is 0.494 e. The number of ether oxygens (including phenoxy) is 1. The van der Waals surface area contributed by atoms with Gasteiger partial charge in [-0.2, -0.15) is 0 Å². The molecule has 1 N–H and O–H groups in total. The third-order valence-corrected chi connectivity index (χ3v) is 2.77. The standard InChI is InChI=1S/C14H23NO/c1-4-6-10-14(15-3)12-8-7-9-13(11-12)16-5-2/h7-9,11,14-15H,4-6,10H2,1-3H3. The van der Waals surface area contributed by atoms with E-state index < -0.39 is 0 Å². The van der Waals surface area contributed by atoms with Crippen molar-refractivity contribution in [2.45, 2.75) is 39.2 Å². The van der Waals surface area contributed by atoms with Gasteiger partial charge in [-0.15, -0.1) is 0 Å². The maximum Gasteiger partial charge on any atom is 0.119 e. The zero-order valence-corrected chi connectivity index (χ0v) is 10.6. The van der Waals surface area contributed by atoms with Gasteiger partial charge in [0.1, 0.15) is 5.75 Å². The van der Waals surface area contributed by atoms with Gasteiger partial charge in [-0.25, -0.2) is 0 Å². The predicted molar refractivity (Wildman–Crippen MR) is 68.9 cm³/mol. The summed E-state index contributed by atoms with van der Waals surface area (Å²) in [6.45, 7) is 4.96. The first-order chi connectivity index (χ1) is 7.81. The van der Waals surface area contributed by atoms with Gasteiger partial charge in [0.05, 0.1) is 6.61 Å². The van der Waals surface area contributed by atoms with Gasteiger partial charge in [-0.05, 0) is 38.1 Å². The SMILES string of the molecule is CCCCC(NC)c1cccc(OCC)c1. The molecular weight excluding hydrogens is 198 g/mol. The van der Waals surface area contributed by atoms with Crippen LogP contribution in [0.4, 0.5) is 0 Å². The summed E-state index contributed by atoms with van der Waals surface area (Å²) in [5, 5.41) is 3.37. The molecule has 2 heteroatoms. The van der Waals surface area contributed by atoms with Crippen molar-refractivity contribution in [3.05, 3.63) is 29.8 Å². The van der Waals surface area contributed by atoms with Crippen molar-refractivity contribution in [2.75, 3.05) is 13.7 Å². The van der Waals surface area contributed by atoms with E-state index in [2.05, 4.69) is 30.4 Å². The molecule has 0 saturated carbocycles.